The first kappa shape index (κ1) is 18.5. The van der Waals surface area contributed by atoms with E-state index in [0.717, 1.165) is 28.3 Å². The van der Waals surface area contributed by atoms with E-state index in [1.165, 1.54) is 0 Å². The monoisotopic (exact) mass is 365 g/mol. The van der Waals surface area contributed by atoms with Crippen LogP contribution in [0.15, 0.2) is 54.6 Å². The maximum atomic E-state index is 12.5. The van der Waals surface area contributed by atoms with Crippen LogP contribution in [0.2, 0.25) is 0 Å². The van der Waals surface area contributed by atoms with Gasteiger partial charge in [-0.3, -0.25) is 9.48 Å². The van der Waals surface area contributed by atoms with Crippen LogP contribution >= 0.6 is 0 Å². The summed E-state index contributed by atoms with van der Waals surface area (Å²) in [6.45, 7) is 0.504. The Balaban J connectivity index is 1.67. The van der Waals surface area contributed by atoms with Gasteiger partial charge in [-0.1, -0.05) is 30.3 Å². The first-order chi connectivity index (χ1) is 13.1. The van der Waals surface area contributed by atoms with Crippen molar-refractivity contribution in [2.75, 3.05) is 20.8 Å². The number of hydrogen-bond donors (Lipinski definition) is 1. The summed E-state index contributed by atoms with van der Waals surface area (Å²) in [4.78, 5) is 12.5. The minimum Gasteiger partial charge on any atom is -0.497 e. The topological polar surface area (TPSA) is 65.4 Å². The van der Waals surface area contributed by atoms with Gasteiger partial charge in [0.2, 0.25) is 0 Å². The minimum absolute atomic E-state index is 0.199. The summed E-state index contributed by atoms with van der Waals surface area (Å²) in [5.74, 6) is 1.39. The van der Waals surface area contributed by atoms with Gasteiger partial charge in [0, 0.05) is 19.2 Å². The molecule has 3 rings (SSSR count). The number of nitrogens with one attached hydrogen (secondary N) is 1. The summed E-state index contributed by atoms with van der Waals surface area (Å²) in [6, 6.07) is 17.2. The summed E-state index contributed by atoms with van der Waals surface area (Å²) in [5.41, 5.74) is 3.23. The van der Waals surface area contributed by atoms with Gasteiger partial charge in [-0.05, 0) is 36.2 Å². The van der Waals surface area contributed by atoms with Crippen LogP contribution in [0.3, 0.4) is 0 Å². The molecule has 6 nitrogen and oxygen atoms in total. The summed E-state index contributed by atoms with van der Waals surface area (Å²) >= 11 is 0. The molecule has 0 radical (unpaired) electrons. The lowest BCUT2D eigenvalue weighted by Crippen LogP contribution is -2.26. The van der Waals surface area contributed by atoms with E-state index in [4.69, 9.17) is 9.47 Å². The third-order valence-electron chi connectivity index (χ3n) is 4.35. The molecule has 27 heavy (non-hydrogen) atoms. The van der Waals surface area contributed by atoms with Crippen LogP contribution < -0.4 is 14.8 Å². The molecule has 0 aliphatic rings. The number of carbonyl (C=O) groups excluding carboxylic acids is 1. The minimum atomic E-state index is -0.199. The fourth-order valence-corrected chi connectivity index (χ4v) is 2.94. The number of methoxy groups -OCH3 is 2. The molecule has 0 saturated carbocycles. The van der Waals surface area contributed by atoms with Crippen LogP contribution in [0.4, 0.5) is 0 Å². The SMILES string of the molecule is COc1cccc(-c2cc(C(=O)NCCc3ccccc3OC)nn2C)c1. The molecule has 6 heteroatoms. The standard InChI is InChI=1S/C21H23N3O3/c1-24-19(16-8-6-9-17(13-16)26-2)14-18(23-24)21(25)22-12-11-15-7-4-5-10-20(15)27-3/h4-10,13-14H,11-12H2,1-3H3,(H,22,25). The van der Waals surface area contributed by atoms with Crippen molar-refractivity contribution in [3.8, 4) is 22.8 Å². The number of nitrogens with zero attached hydrogens (tertiary/aromatic N) is 2. The Bertz CT molecular complexity index is 934. The van der Waals surface area contributed by atoms with Gasteiger partial charge >= 0.3 is 0 Å². The molecule has 1 heterocycles. The van der Waals surface area contributed by atoms with Gasteiger partial charge in [0.25, 0.3) is 5.91 Å². The van der Waals surface area contributed by atoms with Crippen molar-refractivity contribution < 1.29 is 14.3 Å². The second kappa shape index (κ2) is 8.40. The van der Waals surface area contributed by atoms with Crippen LogP contribution in [-0.2, 0) is 13.5 Å². The number of aromatic nitrogens is 2. The predicted molar refractivity (Wildman–Crippen MR) is 104 cm³/mol. The van der Waals surface area contributed by atoms with E-state index < -0.39 is 0 Å². The number of amides is 1. The molecule has 1 amide bonds. The molecule has 0 atom stereocenters. The van der Waals surface area contributed by atoms with E-state index in [2.05, 4.69) is 10.4 Å². The number of ether oxygens (including phenoxy) is 2. The van der Waals surface area contributed by atoms with E-state index in [1.54, 1.807) is 25.0 Å². The quantitative estimate of drug-likeness (QED) is 0.699. The molecule has 0 saturated heterocycles. The third kappa shape index (κ3) is 4.28. The number of rotatable bonds is 7. The fourth-order valence-electron chi connectivity index (χ4n) is 2.94. The van der Waals surface area contributed by atoms with Gasteiger partial charge in [0.15, 0.2) is 5.69 Å². The van der Waals surface area contributed by atoms with Crippen LogP contribution in [0.1, 0.15) is 16.1 Å². The maximum Gasteiger partial charge on any atom is 0.271 e. The summed E-state index contributed by atoms with van der Waals surface area (Å²) in [6.07, 6.45) is 0.686. The Morgan fingerprint density at radius 1 is 1.07 bits per heavy atom. The van der Waals surface area contributed by atoms with Crippen LogP contribution in [0.25, 0.3) is 11.3 Å². The largest absolute Gasteiger partial charge is 0.497 e. The Kier molecular flexibility index (Phi) is 5.76. The van der Waals surface area contributed by atoms with Gasteiger partial charge < -0.3 is 14.8 Å². The molecule has 0 fully saturated rings. The Morgan fingerprint density at radius 3 is 2.67 bits per heavy atom. The molecule has 140 valence electrons. The molecule has 0 aliphatic heterocycles. The second-order valence-corrected chi connectivity index (χ2v) is 6.09. The highest BCUT2D eigenvalue weighted by Crippen LogP contribution is 2.24. The zero-order chi connectivity index (χ0) is 19.2. The van der Waals surface area contributed by atoms with E-state index in [1.807, 2.05) is 55.6 Å². The highest BCUT2D eigenvalue weighted by Gasteiger charge is 2.14. The Labute approximate surface area is 158 Å². The molecule has 0 aliphatic carbocycles. The summed E-state index contributed by atoms with van der Waals surface area (Å²) in [7, 11) is 5.09. The lowest BCUT2D eigenvalue weighted by Gasteiger charge is -2.08. The first-order valence-corrected chi connectivity index (χ1v) is 8.71. The van der Waals surface area contributed by atoms with Crippen molar-refractivity contribution in [3.63, 3.8) is 0 Å². The lowest BCUT2D eigenvalue weighted by atomic mass is 10.1. The third-order valence-corrected chi connectivity index (χ3v) is 4.35. The molecular weight excluding hydrogens is 342 g/mol. The van der Waals surface area contributed by atoms with E-state index in [0.29, 0.717) is 18.7 Å². The molecular formula is C21H23N3O3. The zero-order valence-electron chi connectivity index (χ0n) is 15.7. The van der Waals surface area contributed by atoms with E-state index >= 15 is 0 Å². The molecule has 2 aromatic carbocycles. The molecule has 0 unspecified atom stereocenters. The predicted octanol–water partition coefficient (Wildman–Crippen LogP) is 3.08. The number of benzene rings is 2. The lowest BCUT2D eigenvalue weighted by molar-refractivity contribution is 0.0948. The maximum absolute atomic E-state index is 12.5. The summed E-state index contributed by atoms with van der Waals surface area (Å²) in [5, 5.41) is 7.26. The average Bonchev–Trinajstić information content (AvgIpc) is 3.10. The van der Waals surface area contributed by atoms with Gasteiger partial charge in [0.05, 0.1) is 19.9 Å². The highest BCUT2D eigenvalue weighted by atomic mass is 16.5. The molecule has 0 spiro atoms. The van der Waals surface area contributed by atoms with Gasteiger partial charge in [-0.25, -0.2) is 0 Å². The van der Waals surface area contributed by atoms with Crippen molar-refractivity contribution in [1.82, 2.24) is 15.1 Å². The van der Waals surface area contributed by atoms with Crippen molar-refractivity contribution in [1.29, 1.82) is 0 Å². The Morgan fingerprint density at radius 2 is 1.89 bits per heavy atom. The molecule has 1 aromatic heterocycles. The van der Waals surface area contributed by atoms with Crippen LogP contribution in [-0.4, -0.2) is 36.5 Å². The smallest absolute Gasteiger partial charge is 0.271 e. The van der Waals surface area contributed by atoms with Gasteiger partial charge in [-0.2, -0.15) is 5.10 Å². The van der Waals surface area contributed by atoms with E-state index in [-0.39, 0.29) is 5.91 Å². The average molecular weight is 365 g/mol. The normalized spacial score (nSPS) is 10.5. The summed E-state index contributed by atoms with van der Waals surface area (Å²) < 4.78 is 12.3. The van der Waals surface area contributed by atoms with Crippen molar-refractivity contribution in [3.05, 3.63) is 65.9 Å². The van der Waals surface area contributed by atoms with Crippen molar-refractivity contribution in [2.45, 2.75) is 6.42 Å². The number of hydrogen-bond acceptors (Lipinski definition) is 4. The van der Waals surface area contributed by atoms with Gasteiger partial charge in [0.1, 0.15) is 11.5 Å². The van der Waals surface area contributed by atoms with Gasteiger partial charge in [-0.15, -0.1) is 0 Å². The molecule has 3 aromatic rings. The zero-order valence-corrected chi connectivity index (χ0v) is 15.7. The fraction of sp³-hybridized carbons (Fsp3) is 0.238. The molecule has 1 N–H and O–H groups in total. The number of aryl methyl sites for hydroxylation is 1. The highest BCUT2D eigenvalue weighted by molar-refractivity contribution is 5.93. The Hall–Kier alpha value is -3.28. The molecule has 0 bridgehead atoms. The number of para-hydroxylation sites is 1. The van der Waals surface area contributed by atoms with Crippen LogP contribution in [0, 0.1) is 0 Å². The van der Waals surface area contributed by atoms with Crippen molar-refractivity contribution >= 4 is 5.91 Å². The van der Waals surface area contributed by atoms with E-state index in [9.17, 15) is 4.79 Å². The number of carbonyl (C=O) groups is 1. The van der Waals surface area contributed by atoms with Crippen LogP contribution in [0.5, 0.6) is 11.5 Å². The van der Waals surface area contributed by atoms with Crippen molar-refractivity contribution in [2.24, 2.45) is 7.05 Å². The second-order valence-electron chi connectivity index (χ2n) is 6.09. The first-order valence-electron chi connectivity index (χ1n) is 8.71.